The molecule has 17 heavy (non-hydrogen) atoms. The smallest absolute Gasteiger partial charge is 0.123 e. The lowest BCUT2D eigenvalue weighted by molar-refractivity contribution is 0.365. The van der Waals surface area contributed by atoms with Crippen molar-refractivity contribution in [1.82, 2.24) is 5.32 Å². The van der Waals surface area contributed by atoms with E-state index < -0.39 is 0 Å². The number of rotatable bonds is 4. The van der Waals surface area contributed by atoms with Crippen LogP contribution in [0.3, 0.4) is 0 Å². The summed E-state index contributed by atoms with van der Waals surface area (Å²) < 4.78 is 5.40. The van der Waals surface area contributed by atoms with Crippen molar-refractivity contribution in [3.63, 3.8) is 0 Å². The van der Waals surface area contributed by atoms with Crippen LogP contribution in [-0.2, 0) is 6.54 Å². The van der Waals surface area contributed by atoms with Crippen molar-refractivity contribution in [3.8, 4) is 5.75 Å². The molecule has 1 saturated carbocycles. The van der Waals surface area contributed by atoms with Crippen molar-refractivity contribution in [1.29, 1.82) is 0 Å². The van der Waals surface area contributed by atoms with E-state index in [4.69, 9.17) is 4.74 Å². The molecule has 1 aliphatic rings. The van der Waals surface area contributed by atoms with Crippen LogP contribution in [-0.4, -0.2) is 13.2 Å². The van der Waals surface area contributed by atoms with Gasteiger partial charge in [-0.1, -0.05) is 37.0 Å². The Labute approximate surface area is 104 Å². The molecule has 0 aliphatic heterocycles. The van der Waals surface area contributed by atoms with Gasteiger partial charge in [0.25, 0.3) is 0 Å². The summed E-state index contributed by atoms with van der Waals surface area (Å²) in [5, 5.41) is 3.66. The summed E-state index contributed by atoms with van der Waals surface area (Å²) in [6.45, 7) is 3.05. The molecule has 0 bridgehead atoms. The molecule has 0 radical (unpaired) electrons. The predicted molar refractivity (Wildman–Crippen MR) is 71.4 cm³/mol. The van der Waals surface area contributed by atoms with Crippen LogP contribution in [0.4, 0.5) is 0 Å². The Balaban J connectivity index is 1.95. The van der Waals surface area contributed by atoms with Gasteiger partial charge in [-0.05, 0) is 25.8 Å². The summed E-state index contributed by atoms with van der Waals surface area (Å²) in [6, 6.07) is 7.08. The summed E-state index contributed by atoms with van der Waals surface area (Å²) in [4.78, 5) is 0. The quantitative estimate of drug-likeness (QED) is 0.860. The molecule has 2 nitrogen and oxygen atoms in total. The topological polar surface area (TPSA) is 21.3 Å². The van der Waals surface area contributed by atoms with Gasteiger partial charge in [0.1, 0.15) is 5.75 Å². The number of methoxy groups -OCH3 is 1. The third-order valence-corrected chi connectivity index (χ3v) is 3.62. The molecule has 0 heterocycles. The van der Waals surface area contributed by atoms with Crippen molar-refractivity contribution < 1.29 is 4.74 Å². The zero-order valence-electron chi connectivity index (χ0n) is 11.0. The van der Waals surface area contributed by atoms with Gasteiger partial charge in [0.05, 0.1) is 7.11 Å². The minimum atomic E-state index is 0.703. The molecule has 0 amide bonds. The van der Waals surface area contributed by atoms with E-state index in [0.717, 1.165) is 12.3 Å². The van der Waals surface area contributed by atoms with Gasteiger partial charge < -0.3 is 10.1 Å². The molecule has 1 N–H and O–H groups in total. The fourth-order valence-corrected chi connectivity index (χ4v) is 2.61. The Morgan fingerprint density at radius 2 is 2.00 bits per heavy atom. The van der Waals surface area contributed by atoms with E-state index in [0.29, 0.717) is 6.04 Å². The fraction of sp³-hybridized carbons (Fsp3) is 0.600. The zero-order valence-corrected chi connectivity index (χ0v) is 11.0. The van der Waals surface area contributed by atoms with Crippen molar-refractivity contribution in [2.24, 2.45) is 0 Å². The van der Waals surface area contributed by atoms with E-state index in [2.05, 4.69) is 30.4 Å². The molecule has 94 valence electrons. The molecule has 0 aromatic heterocycles. The summed E-state index contributed by atoms with van der Waals surface area (Å²) >= 11 is 0. The van der Waals surface area contributed by atoms with Crippen LogP contribution in [0, 0.1) is 6.92 Å². The van der Waals surface area contributed by atoms with Gasteiger partial charge in [-0.2, -0.15) is 0 Å². The summed E-state index contributed by atoms with van der Waals surface area (Å²) in [6.07, 6.45) is 6.82. The number of ether oxygens (including phenoxy) is 1. The highest BCUT2D eigenvalue weighted by molar-refractivity contribution is 5.36. The van der Waals surface area contributed by atoms with Crippen LogP contribution >= 0.6 is 0 Å². The van der Waals surface area contributed by atoms with Crippen molar-refractivity contribution >= 4 is 0 Å². The maximum absolute atomic E-state index is 5.40. The molecule has 0 saturated heterocycles. The lowest BCUT2D eigenvalue weighted by atomic mass is 9.95. The highest BCUT2D eigenvalue weighted by atomic mass is 16.5. The van der Waals surface area contributed by atoms with Gasteiger partial charge in [-0.25, -0.2) is 0 Å². The first-order valence-corrected chi connectivity index (χ1v) is 6.66. The number of aryl methyl sites for hydroxylation is 1. The Morgan fingerprint density at radius 1 is 1.24 bits per heavy atom. The molecule has 0 unspecified atom stereocenters. The van der Waals surface area contributed by atoms with Crippen molar-refractivity contribution in [2.45, 2.75) is 51.6 Å². The zero-order chi connectivity index (χ0) is 12.1. The monoisotopic (exact) mass is 233 g/mol. The van der Waals surface area contributed by atoms with E-state index in [1.165, 1.54) is 43.2 Å². The van der Waals surface area contributed by atoms with Gasteiger partial charge in [-0.15, -0.1) is 0 Å². The normalized spacial score (nSPS) is 17.1. The maximum Gasteiger partial charge on any atom is 0.123 e. The average molecular weight is 233 g/mol. The van der Waals surface area contributed by atoms with Crippen LogP contribution in [0.15, 0.2) is 18.2 Å². The van der Waals surface area contributed by atoms with Gasteiger partial charge in [0.2, 0.25) is 0 Å². The molecular formula is C15H23NO. The van der Waals surface area contributed by atoms with E-state index in [1.54, 1.807) is 7.11 Å². The molecule has 0 atom stereocenters. The largest absolute Gasteiger partial charge is 0.496 e. The van der Waals surface area contributed by atoms with E-state index >= 15 is 0 Å². The van der Waals surface area contributed by atoms with E-state index in [1.807, 2.05) is 0 Å². The predicted octanol–water partition coefficient (Wildman–Crippen LogP) is 3.43. The Kier molecular flexibility index (Phi) is 4.43. The highest BCUT2D eigenvalue weighted by Crippen LogP contribution is 2.21. The lowest BCUT2D eigenvalue weighted by Crippen LogP contribution is -2.30. The average Bonchev–Trinajstić information content (AvgIpc) is 2.38. The Morgan fingerprint density at radius 3 is 2.71 bits per heavy atom. The number of hydrogen-bond donors (Lipinski definition) is 1. The molecule has 2 heteroatoms. The highest BCUT2D eigenvalue weighted by Gasteiger charge is 2.13. The van der Waals surface area contributed by atoms with Gasteiger partial charge in [0.15, 0.2) is 0 Å². The molecule has 1 aliphatic carbocycles. The minimum absolute atomic E-state index is 0.703. The van der Waals surface area contributed by atoms with Crippen LogP contribution in [0.5, 0.6) is 5.75 Å². The third-order valence-electron chi connectivity index (χ3n) is 3.62. The Bertz CT molecular complexity index is 356. The standard InChI is InChI=1S/C15H23NO/c1-12-8-9-15(17-2)13(10-12)11-16-14-6-4-3-5-7-14/h8-10,14,16H,3-7,11H2,1-2H3. The summed E-state index contributed by atoms with van der Waals surface area (Å²) in [7, 11) is 1.74. The summed E-state index contributed by atoms with van der Waals surface area (Å²) in [5.74, 6) is 0.999. The van der Waals surface area contributed by atoms with Gasteiger partial charge in [0, 0.05) is 18.2 Å². The maximum atomic E-state index is 5.40. The first-order chi connectivity index (χ1) is 8.29. The third kappa shape index (κ3) is 3.47. The number of hydrogen-bond acceptors (Lipinski definition) is 2. The fourth-order valence-electron chi connectivity index (χ4n) is 2.61. The Hall–Kier alpha value is -1.02. The van der Waals surface area contributed by atoms with Gasteiger partial charge >= 0.3 is 0 Å². The molecule has 2 rings (SSSR count). The molecular weight excluding hydrogens is 210 g/mol. The summed E-state index contributed by atoms with van der Waals surface area (Å²) in [5.41, 5.74) is 2.57. The lowest BCUT2D eigenvalue weighted by Gasteiger charge is -2.23. The van der Waals surface area contributed by atoms with E-state index in [-0.39, 0.29) is 0 Å². The van der Waals surface area contributed by atoms with Gasteiger partial charge in [-0.3, -0.25) is 0 Å². The SMILES string of the molecule is COc1ccc(C)cc1CNC1CCCCC1. The van der Waals surface area contributed by atoms with Crippen LogP contribution in [0.25, 0.3) is 0 Å². The van der Waals surface area contributed by atoms with Crippen LogP contribution in [0.1, 0.15) is 43.2 Å². The first kappa shape index (κ1) is 12.4. The number of nitrogens with one attached hydrogen (secondary N) is 1. The molecule has 1 fully saturated rings. The van der Waals surface area contributed by atoms with Crippen molar-refractivity contribution in [2.75, 3.05) is 7.11 Å². The minimum Gasteiger partial charge on any atom is -0.496 e. The molecule has 0 spiro atoms. The second-order valence-corrected chi connectivity index (χ2v) is 5.03. The van der Waals surface area contributed by atoms with Crippen LogP contribution in [0.2, 0.25) is 0 Å². The van der Waals surface area contributed by atoms with Crippen LogP contribution < -0.4 is 10.1 Å². The first-order valence-electron chi connectivity index (χ1n) is 6.66. The second-order valence-electron chi connectivity index (χ2n) is 5.03. The van der Waals surface area contributed by atoms with E-state index in [9.17, 15) is 0 Å². The molecule has 1 aromatic carbocycles. The number of benzene rings is 1. The molecule has 1 aromatic rings. The van der Waals surface area contributed by atoms with Crippen molar-refractivity contribution in [3.05, 3.63) is 29.3 Å². The second kappa shape index (κ2) is 6.06.